The van der Waals surface area contributed by atoms with Gasteiger partial charge < -0.3 is 41.3 Å². The molecular formula is C48H61ClN8O6. The summed E-state index contributed by atoms with van der Waals surface area (Å²) in [5, 5.41) is 44.5. The normalized spacial score (nSPS) is 20.3. The number of carbonyl (C=O) groups excluding carboxylic acids is 4. The molecule has 1 aliphatic heterocycles. The van der Waals surface area contributed by atoms with Crippen LogP contribution in [0.4, 0.5) is 5.69 Å². The monoisotopic (exact) mass is 880 g/mol. The second-order valence-electron chi connectivity index (χ2n) is 18.8. The third-order valence-electron chi connectivity index (χ3n) is 12.1. The summed E-state index contributed by atoms with van der Waals surface area (Å²) in [4.78, 5) is 54.8. The highest BCUT2D eigenvalue weighted by atomic mass is 35.5. The first-order valence-corrected chi connectivity index (χ1v) is 21.9. The summed E-state index contributed by atoms with van der Waals surface area (Å²) < 4.78 is 6.35. The van der Waals surface area contributed by atoms with Crippen molar-refractivity contribution in [2.24, 2.45) is 16.2 Å². The zero-order valence-corrected chi connectivity index (χ0v) is 38.1. The van der Waals surface area contributed by atoms with Gasteiger partial charge >= 0.3 is 0 Å². The first-order valence-electron chi connectivity index (χ1n) is 21.5. The van der Waals surface area contributed by atoms with Gasteiger partial charge in [-0.2, -0.15) is 10.5 Å². The van der Waals surface area contributed by atoms with Gasteiger partial charge in [0.25, 0.3) is 5.91 Å². The Bertz CT molecular complexity index is 2180. The number of ether oxygens (including phenoxy) is 1. The number of nitrogens with zero attached hydrogens (tertiary/aromatic N) is 3. The van der Waals surface area contributed by atoms with Gasteiger partial charge in [0.2, 0.25) is 17.7 Å². The lowest BCUT2D eigenvalue weighted by molar-refractivity contribution is -0.164. The van der Waals surface area contributed by atoms with Crippen LogP contribution in [-0.4, -0.2) is 90.1 Å². The molecule has 6 N–H and O–H groups in total. The third-order valence-corrected chi connectivity index (χ3v) is 12.4. The Hall–Kier alpha value is -5.67. The molecule has 0 aromatic heterocycles. The molecule has 1 saturated carbocycles. The van der Waals surface area contributed by atoms with Crippen LogP contribution in [0.2, 0.25) is 5.02 Å². The number of carbonyl (C=O) groups is 4. The van der Waals surface area contributed by atoms with Gasteiger partial charge in [-0.1, -0.05) is 78.6 Å². The number of rotatable bonds is 18. The number of unbranched alkanes of at least 4 members (excludes halogenated alkanes) is 2. The molecule has 336 valence electrons. The van der Waals surface area contributed by atoms with Crippen LogP contribution in [0.1, 0.15) is 101 Å². The Balaban J connectivity index is 0.991. The molecule has 1 unspecified atom stereocenters. The van der Waals surface area contributed by atoms with Crippen LogP contribution in [0, 0.1) is 38.9 Å². The van der Waals surface area contributed by atoms with Crippen molar-refractivity contribution in [2.45, 2.75) is 111 Å². The maximum absolute atomic E-state index is 13.9. The van der Waals surface area contributed by atoms with E-state index in [2.05, 4.69) is 66.4 Å². The van der Waals surface area contributed by atoms with Gasteiger partial charge in [-0.05, 0) is 78.9 Å². The van der Waals surface area contributed by atoms with Crippen molar-refractivity contribution in [3.05, 3.63) is 94.0 Å². The van der Waals surface area contributed by atoms with Crippen LogP contribution >= 0.6 is 11.6 Å². The van der Waals surface area contributed by atoms with Crippen molar-refractivity contribution in [3.63, 3.8) is 0 Å². The Kier molecular flexibility index (Phi) is 15.9. The minimum absolute atomic E-state index is 0.0122. The molecule has 1 saturated heterocycles. The highest BCUT2D eigenvalue weighted by Crippen LogP contribution is 2.55. The van der Waals surface area contributed by atoms with E-state index in [1.54, 1.807) is 54.6 Å². The number of halogens is 1. The number of hydrogen-bond donors (Lipinski definition) is 6. The summed E-state index contributed by atoms with van der Waals surface area (Å²) in [7, 11) is 0. The number of nitrogens with one attached hydrogen (secondary N) is 5. The van der Waals surface area contributed by atoms with E-state index in [4.69, 9.17) is 21.6 Å². The SMILES string of the molecule is CC(C)(C)C(NC(=O)CNCCCCCNc1ccc(C(=O)N[C@H]2C(C)(C)[C@H](Oc3ccc(C#N)c(Cl)c3)C2(C)C)cc1)C(=O)N1C[C@H](O)C[C@H]1C(=O)NCc1ccc(C#N)cc1. The van der Waals surface area contributed by atoms with Crippen molar-refractivity contribution >= 4 is 40.9 Å². The van der Waals surface area contributed by atoms with Gasteiger partial charge in [-0.3, -0.25) is 19.2 Å². The van der Waals surface area contributed by atoms with E-state index in [9.17, 15) is 29.5 Å². The number of aliphatic hydroxyl groups is 1. The van der Waals surface area contributed by atoms with Gasteiger partial charge in [0, 0.05) is 60.2 Å². The molecule has 4 amide bonds. The number of β-amino-alcohol motifs (C(OH)–C–C–N with tert-alkyl or cyclic N) is 1. The summed E-state index contributed by atoms with van der Waals surface area (Å²) >= 11 is 6.23. The van der Waals surface area contributed by atoms with Crippen LogP contribution in [0.25, 0.3) is 0 Å². The average molecular weight is 882 g/mol. The summed E-state index contributed by atoms with van der Waals surface area (Å²) in [6, 6.07) is 21.4. The Morgan fingerprint density at radius 1 is 0.921 bits per heavy atom. The zero-order chi connectivity index (χ0) is 46.1. The number of aliphatic hydroxyl groups excluding tert-OH is 1. The van der Waals surface area contributed by atoms with E-state index < -0.39 is 35.4 Å². The van der Waals surface area contributed by atoms with Crippen LogP contribution in [0.3, 0.4) is 0 Å². The molecule has 14 nitrogen and oxygen atoms in total. The lowest BCUT2D eigenvalue weighted by atomic mass is 9.49. The van der Waals surface area contributed by atoms with Gasteiger partial charge in [0.05, 0.1) is 34.9 Å². The van der Waals surface area contributed by atoms with Gasteiger partial charge in [-0.15, -0.1) is 0 Å². The number of hydrogen-bond acceptors (Lipinski definition) is 10. The Morgan fingerprint density at radius 3 is 2.21 bits per heavy atom. The molecular weight excluding hydrogens is 820 g/mol. The molecule has 0 spiro atoms. The highest BCUT2D eigenvalue weighted by Gasteiger charge is 2.64. The van der Waals surface area contributed by atoms with E-state index in [0.29, 0.717) is 34.0 Å². The molecule has 3 atom stereocenters. The number of benzene rings is 3. The minimum Gasteiger partial charge on any atom is -0.489 e. The zero-order valence-electron chi connectivity index (χ0n) is 37.3. The minimum atomic E-state index is -0.918. The molecule has 2 fully saturated rings. The maximum atomic E-state index is 13.9. The molecule has 1 aliphatic carbocycles. The number of amides is 4. The van der Waals surface area contributed by atoms with E-state index in [1.165, 1.54) is 4.90 Å². The summed E-state index contributed by atoms with van der Waals surface area (Å²) in [6.45, 7) is 15.4. The van der Waals surface area contributed by atoms with E-state index in [1.807, 2.05) is 32.9 Å². The van der Waals surface area contributed by atoms with E-state index in [-0.39, 0.29) is 60.8 Å². The van der Waals surface area contributed by atoms with Gasteiger partial charge in [0.15, 0.2) is 0 Å². The summed E-state index contributed by atoms with van der Waals surface area (Å²) in [6.07, 6.45) is 1.66. The second kappa shape index (κ2) is 20.7. The van der Waals surface area contributed by atoms with Crippen LogP contribution in [0.15, 0.2) is 66.7 Å². The van der Waals surface area contributed by atoms with Gasteiger partial charge in [-0.25, -0.2) is 0 Å². The standard InChI is InChI=1S/C48H61ClN8O6/c1-46(2,3)40(43(62)57-29-35(58)23-38(57)42(61)54-27-31-13-11-30(25-50)12-14-31)55-39(59)28-52-21-9-8-10-22-53-34-18-15-32(16-19-34)41(60)56-44-47(4,5)45(48(44,6)7)63-36-20-17-33(26-51)37(49)24-36/h11-20,24,35,38,40,44-45,52-53,58H,8-10,21-23,27-29H2,1-7H3,(H,54,61)(H,55,59)(H,56,60)/t35-,38+,40?,44-,45-/m1/s1. The maximum Gasteiger partial charge on any atom is 0.251 e. The number of nitriles is 2. The summed E-state index contributed by atoms with van der Waals surface area (Å²) in [5.74, 6) is -0.743. The fourth-order valence-electron chi connectivity index (χ4n) is 8.87. The van der Waals surface area contributed by atoms with E-state index in [0.717, 1.165) is 37.1 Å². The van der Waals surface area contributed by atoms with Crippen molar-refractivity contribution < 1.29 is 29.0 Å². The smallest absolute Gasteiger partial charge is 0.251 e. The predicted octanol–water partition coefficient (Wildman–Crippen LogP) is 5.68. The third kappa shape index (κ3) is 12.1. The lowest BCUT2D eigenvalue weighted by Crippen LogP contribution is -2.74. The van der Waals surface area contributed by atoms with Crippen molar-refractivity contribution in [3.8, 4) is 17.9 Å². The first kappa shape index (κ1) is 48.4. The number of likely N-dealkylation sites (tertiary alicyclic amines) is 1. The van der Waals surface area contributed by atoms with Crippen molar-refractivity contribution in [1.82, 2.24) is 26.2 Å². The molecule has 3 aromatic carbocycles. The molecule has 1 heterocycles. The molecule has 0 bridgehead atoms. The second-order valence-corrected chi connectivity index (χ2v) is 19.2. The fraction of sp³-hybridized carbons (Fsp3) is 0.500. The van der Waals surface area contributed by atoms with E-state index >= 15 is 0 Å². The molecule has 63 heavy (non-hydrogen) atoms. The molecule has 3 aromatic rings. The predicted molar refractivity (Wildman–Crippen MR) is 242 cm³/mol. The van der Waals surface area contributed by atoms with Crippen LogP contribution in [0.5, 0.6) is 5.75 Å². The molecule has 2 aliphatic rings. The van der Waals surface area contributed by atoms with Crippen molar-refractivity contribution in [1.29, 1.82) is 10.5 Å². The first-order chi connectivity index (χ1) is 29.8. The molecule has 15 heteroatoms. The quantitative estimate of drug-likeness (QED) is 0.0863. The Labute approximate surface area is 376 Å². The fourth-order valence-corrected chi connectivity index (χ4v) is 9.09. The van der Waals surface area contributed by atoms with Crippen molar-refractivity contribution in [2.75, 3.05) is 31.5 Å². The highest BCUT2D eigenvalue weighted by molar-refractivity contribution is 6.31. The topological polar surface area (TPSA) is 209 Å². The average Bonchev–Trinajstić information content (AvgIpc) is 3.65. The van der Waals surface area contributed by atoms with Gasteiger partial charge in [0.1, 0.15) is 30.0 Å². The summed E-state index contributed by atoms with van der Waals surface area (Å²) in [5.41, 5.74) is 1.74. The molecule has 5 rings (SSSR count). The van der Waals surface area contributed by atoms with Crippen LogP contribution in [-0.2, 0) is 20.9 Å². The number of anilines is 1. The Morgan fingerprint density at radius 2 is 1.59 bits per heavy atom. The lowest BCUT2D eigenvalue weighted by Gasteiger charge is -2.63. The largest absolute Gasteiger partial charge is 0.489 e. The van der Waals surface area contributed by atoms with Crippen LogP contribution < -0.4 is 31.3 Å². The molecule has 0 radical (unpaired) electrons.